The molecular formula is C14H31IN4. The third kappa shape index (κ3) is 9.49. The molecule has 1 aliphatic rings. The molecule has 1 fully saturated rings. The van der Waals surface area contributed by atoms with Crippen molar-refractivity contribution in [2.75, 3.05) is 39.3 Å². The van der Waals surface area contributed by atoms with Crippen molar-refractivity contribution in [3.8, 4) is 0 Å². The van der Waals surface area contributed by atoms with Gasteiger partial charge >= 0.3 is 0 Å². The van der Waals surface area contributed by atoms with Crippen molar-refractivity contribution in [2.24, 2.45) is 10.9 Å². The molecule has 114 valence electrons. The zero-order valence-corrected chi connectivity index (χ0v) is 15.1. The van der Waals surface area contributed by atoms with Gasteiger partial charge in [0.05, 0.1) is 0 Å². The Labute approximate surface area is 135 Å². The van der Waals surface area contributed by atoms with Gasteiger partial charge in [-0.05, 0) is 51.7 Å². The van der Waals surface area contributed by atoms with Gasteiger partial charge in [0.25, 0.3) is 0 Å². The standard InChI is InChI=1S/C14H30N4.HI/c1-4-15-14(17-12-13-8-9-13)16-10-7-11-18(5-2)6-3;/h13H,4-12H2,1-3H3,(H2,15,16,17);1H. The maximum atomic E-state index is 4.61. The van der Waals surface area contributed by atoms with Gasteiger partial charge in [0, 0.05) is 19.6 Å². The molecule has 5 heteroatoms. The van der Waals surface area contributed by atoms with Crippen LogP contribution < -0.4 is 10.6 Å². The number of guanidine groups is 1. The van der Waals surface area contributed by atoms with Crippen molar-refractivity contribution in [3.63, 3.8) is 0 Å². The molecule has 0 aromatic carbocycles. The van der Waals surface area contributed by atoms with Crippen LogP contribution >= 0.6 is 24.0 Å². The van der Waals surface area contributed by atoms with Crippen molar-refractivity contribution in [3.05, 3.63) is 0 Å². The van der Waals surface area contributed by atoms with Gasteiger partial charge in [-0.25, -0.2) is 0 Å². The fourth-order valence-electron chi connectivity index (χ4n) is 1.91. The van der Waals surface area contributed by atoms with Crippen LogP contribution in [-0.4, -0.2) is 50.1 Å². The molecule has 0 saturated heterocycles. The first kappa shape index (κ1) is 19.0. The molecule has 0 aromatic rings. The van der Waals surface area contributed by atoms with Crippen LogP contribution in [0.2, 0.25) is 0 Å². The summed E-state index contributed by atoms with van der Waals surface area (Å²) in [6.45, 7) is 13.0. The average Bonchev–Trinajstić information content (AvgIpc) is 3.20. The van der Waals surface area contributed by atoms with Crippen LogP contribution in [0.15, 0.2) is 4.99 Å². The van der Waals surface area contributed by atoms with E-state index < -0.39 is 0 Å². The molecular weight excluding hydrogens is 351 g/mol. The number of rotatable bonds is 9. The van der Waals surface area contributed by atoms with Gasteiger partial charge in [0.2, 0.25) is 0 Å². The second-order valence-corrected chi connectivity index (χ2v) is 4.97. The lowest BCUT2D eigenvalue weighted by atomic mass is 10.3. The van der Waals surface area contributed by atoms with Crippen LogP contribution in [0.25, 0.3) is 0 Å². The molecule has 1 rings (SSSR count). The summed E-state index contributed by atoms with van der Waals surface area (Å²) in [5, 5.41) is 6.73. The lowest BCUT2D eigenvalue weighted by molar-refractivity contribution is 0.300. The van der Waals surface area contributed by atoms with Gasteiger partial charge < -0.3 is 15.5 Å². The molecule has 0 aromatic heterocycles. The zero-order chi connectivity index (χ0) is 13.2. The molecule has 1 saturated carbocycles. The van der Waals surface area contributed by atoms with E-state index in [2.05, 4.69) is 41.3 Å². The van der Waals surface area contributed by atoms with E-state index in [9.17, 15) is 0 Å². The molecule has 1 aliphatic carbocycles. The number of aliphatic imine (C=N–C) groups is 1. The summed E-state index contributed by atoms with van der Waals surface area (Å²) in [4.78, 5) is 7.07. The molecule has 0 atom stereocenters. The minimum absolute atomic E-state index is 0. The Morgan fingerprint density at radius 2 is 1.84 bits per heavy atom. The summed E-state index contributed by atoms with van der Waals surface area (Å²) >= 11 is 0. The number of nitrogens with one attached hydrogen (secondary N) is 2. The minimum atomic E-state index is 0. The number of nitrogens with zero attached hydrogens (tertiary/aromatic N) is 2. The fraction of sp³-hybridized carbons (Fsp3) is 0.929. The van der Waals surface area contributed by atoms with Crippen LogP contribution in [0, 0.1) is 5.92 Å². The second-order valence-electron chi connectivity index (χ2n) is 4.97. The maximum absolute atomic E-state index is 4.61. The molecule has 0 radical (unpaired) electrons. The first-order valence-corrected chi connectivity index (χ1v) is 7.54. The van der Waals surface area contributed by atoms with E-state index >= 15 is 0 Å². The van der Waals surface area contributed by atoms with Crippen LogP contribution in [0.1, 0.15) is 40.0 Å². The topological polar surface area (TPSA) is 39.7 Å². The van der Waals surface area contributed by atoms with Crippen molar-refractivity contribution in [1.29, 1.82) is 0 Å². The van der Waals surface area contributed by atoms with Crippen molar-refractivity contribution >= 4 is 29.9 Å². The lowest BCUT2D eigenvalue weighted by Crippen LogP contribution is -2.39. The molecule has 0 amide bonds. The van der Waals surface area contributed by atoms with Crippen LogP contribution in [0.3, 0.4) is 0 Å². The first-order chi connectivity index (χ1) is 8.80. The van der Waals surface area contributed by atoms with Gasteiger partial charge in [0.15, 0.2) is 5.96 Å². The molecule has 0 bridgehead atoms. The van der Waals surface area contributed by atoms with Crippen molar-refractivity contribution < 1.29 is 0 Å². The summed E-state index contributed by atoms with van der Waals surface area (Å²) in [6.07, 6.45) is 3.91. The highest BCUT2D eigenvalue weighted by Crippen LogP contribution is 2.28. The predicted octanol–water partition coefficient (Wildman–Crippen LogP) is 2.30. The highest BCUT2D eigenvalue weighted by molar-refractivity contribution is 14.0. The molecule has 0 heterocycles. The van der Waals surface area contributed by atoms with Crippen LogP contribution in [-0.2, 0) is 0 Å². The Morgan fingerprint density at radius 1 is 1.16 bits per heavy atom. The van der Waals surface area contributed by atoms with Crippen LogP contribution in [0.4, 0.5) is 0 Å². The Hall–Kier alpha value is -0.0400. The Morgan fingerprint density at radius 3 is 2.37 bits per heavy atom. The summed E-state index contributed by atoms with van der Waals surface area (Å²) in [5.41, 5.74) is 0. The van der Waals surface area contributed by atoms with Gasteiger partial charge in [-0.1, -0.05) is 13.8 Å². The van der Waals surface area contributed by atoms with Crippen LogP contribution in [0.5, 0.6) is 0 Å². The third-order valence-corrected chi connectivity index (χ3v) is 3.39. The van der Waals surface area contributed by atoms with E-state index in [1.165, 1.54) is 25.8 Å². The predicted molar refractivity (Wildman–Crippen MR) is 94.5 cm³/mol. The molecule has 0 unspecified atom stereocenters. The Bertz CT molecular complexity index is 238. The number of hydrogen-bond acceptors (Lipinski definition) is 2. The fourth-order valence-corrected chi connectivity index (χ4v) is 1.91. The number of halogens is 1. The van der Waals surface area contributed by atoms with Crippen molar-refractivity contribution in [2.45, 2.75) is 40.0 Å². The Balaban J connectivity index is 0.00000324. The summed E-state index contributed by atoms with van der Waals surface area (Å²) in [6, 6.07) is 0. The molecule has 0 spiro atoms. The molecule has 19 heavy (non-hydrogen) atoms. The summed E-state index contributed by atoms with van der Waals surface area (Å²) < 4.78 is 0. The molecule has 0 aliphatic heterocycles. The quantitative estimate of drug-likeness (QED) is 0.278. The van der Waals surface area contributed by atoms with Gasteiger partial charge in [-0.15, -0.1) is 24.0 Å². The van der Waals surface area contributed by atoms with E-state index in [1.807, 2.05) is 0 Å². The van der Waals surface area contributed by atoms with Gasteiger partial charge in [0.1, 0.15) is 0 Å². The summed E-state index contributed by atoms with van der Waals surface area (Å²) in [7, 11) is 0. The normalized spacial score (nSPS) is 15.3. The average molecular weight is 382 g/mol. The smallest absolute Gasteiger partial charge is 0.191 e. The van der Waals surface area contributed by atoms with Gasteiger partial charge in [-0.2, -0.15) is 0 Å². The molecule has 4 nitrogen and oxygen atoms in total. The second kappa shape index (κ2) is 11.8. The van der Waals surface area contributed by atoms with E-state index in [0.29, 0.717) is 0 Å². The van der Waals surface area contributed by atoms with E-state index in [1.54, 1.807) is 0 Å². The minimum Gasteiger partial charge on any atom is -0.357 e. The largest absolute Gasteiger partial charge is 0.357 e. The first-order valence-electron chi connectivity index (χ1n) is 7.54. The van der Waals surface area contributed by atoms with E-state index in [-0.39, 0.29) is 24.0 Å². The van der Waals surface area contributed by atoms with Gasteiger partial charge in [-0.3, -0.25) is 4.99 Å². The van der Waals surface area contributed by atoms with E-state index in [4.69, 9.17) is 0 Å². The zero-order valence-electron chi connectivity index (χ0n) is 12.7. The number of hydrogen-bond donors (Lipinski definition) is 2. The highest BCUT2D eigenvalue weighted by atomic mass is 127. The summed E-state index contributed by atoms with van der Waals surface area (Å²) in [5.74, 6) is 1.85. The van der Waals surface area contributed by atoms with Crippen molar-refractivity contribution in [1.82, 2.24) is 15.5 Å². The third-order valence-electron chi connectivity index (χ3n) is 3.39. The lowest BCUT2D eigenvalue weighted by Gasteiger charge is -2.18. The molecule has 2 N–H and O–H groups in total. The SMILES string of the molecule is CCNC(=NCC1CC1)NCCCN(CC)CC.I. The van der Waals surface area contributed by atoms with E-state index in [0.717, 1.165) is 44.6 Å². The highest BCUT2D eigenvalue weighted by Gasteiger charge is 2.20. The Kier molecular flexibility index (Phi) is 11.7. The monoisotopic (exact) mass is 382 g/mol. The maximum Gasteiger partial charge on any atom is 0.191 e.